The summed E-state index contributed by atoms with van der Waals surface area (Å²) < 4.78 is 18.6. The first-order valence-electron chi connectivity index (χ1n) is 7.31. The molecule has 0 fully saturated rings. The van der Waals surface area contributed by atoms with E-state index in [1.807, 2.05) is 0 Å². The third-order valence-corrected chi connectivity index (χ3v) is 4.13. The van der Waals surface area contributed by atoms with Gasteiger partial charge in [0.05, 0.1) is 30.1 Å². The third kappa shape index (κ3) is 4.15. The maximum absolute atomic E-state index is 12.9. The lowest BCUT2D eigenvalue weighted by Crippen LogP contribution is -2.00. The van der Waals surface area contributed by atoms with Gasteiger partial charge in [0, 0.05) is 5.75 Å². The molecule has 1 aromatic heterocycles. The molecule has 3 aromatic rings. The van der Waals surface area contributed by atoms with Crippen LogP contribution in [-0.2, 0) is 0 Å². The topological polar surface area (TPSA) is 61.7 Å². The first kappa shape index (κ1) is 16.1. The lowest BCUT2D eigenvalue weighted by Gasteiger charge is -2.04. The minimum absolute atomic E-state index is 0.257. The number of aromatic amines is 1. The second kappa shape index (κ2) is 7.66. The first-order chi connectivity index (χ1) is 11.7. The van der Waals surface area contributed by atoms with Crippen LogP contribution in [0.1, 0.15) is 5.56 Å². The second-order valence-corrected chi connectivity index (χ2v) is 6.03. The molecule has 0 radical (unpaired) electrons. The molecule has 0 aliphatic carbocycles. The Hall–Kier alpha value is -2.78. The minimum Gasteiger partial charge on any atom is -0.493 e. The van der Waals surface area contributed by atoms with Gasteiger partial charge in [0.15, 0.2) is 5.16 Å². The molecule has 2 aromatic carbocycles. The van der Waals surface area contributed by atoms with Crippen molar-refractivity contribution in [2.24, 2.45) is 0 Å². The van der Waals surface area contributed by atoms with Crippen molar-refractivity contribution in [3.8, 4) is 23.1 Å². The predicted octanol–water partition coefficient (Wildman–Crippen LogP) is 4.26. The Balaban J connectivity index is 1.48. The van der Waals surface area contributed by atoms with Gasteiger partial charge in [-0.15, -0.1) is 0 Å². The number of ether oxygens (including phenoxy) is 1. The molecule has 0 aliphatic heterocycles. The second-order valence-electron chi connectivity index (χ2n) is 4.94. The molecule has 3 rings (SSSR count). The molecule has 0 amide bonds. The summed E-state index contributed by atoms with van der Waals surface area (Å²) in [5, 5.41) is 9.53. The fraction of sp³-hybridized carbons (Fsp3) is 0.111. The Kier molecular flexibility index (Phi) is 5.14. The standard InChI is InChI=1S/C18H14FN3OS/c19-15-5-3-14(4-6-15)17-12-21-18(22-17)24-10-9-23-16-7-1-13(11-20)2-8-16/h1-8,12H,9-10H2,(H,21,22). The largest absolute Gasteiger partial charge is 0.493 e. The van der Waals surface area contributed by atoms with Crippen LogP contribution >= 0.6 is 11.8 Å². The quantitative estimate of drug-likeness (QED) is 0.538. The molecule has 0 aliphatic rings. The van der Waals surface area contributed by atoms with E-state index in [2.05, 4.69) is 16.0 Å². The SMILES string of the molecule is N#Cc1ccc(OCCSc2ncc(-c3ccc(F)cc3)[nH]2)cc1. The van der Waals surface area contributed by atoms with Gasteiger partial charge in [-0.25, -0.2) is 9.37 Å². The summed E-state index contributed by atoms with van der Waals surface area (Å²) in [4.78, 5) is 7.50. The minimum atomic E-state index is -0.257. The van der Waals surface area contributed by atoms with Crippen LogP contribution < -0.4 is 4.74 Å². The van der Waals surface area contributed by atoms with Crippen LogP contribution in [0, 0.1) is 17.1 Å². The lowest BCUT2D eigenvalue weighted by atomic mass is 10.2. The van der Waals surface area contributed by atoms with E-state index >= 15 is 0 Å². The summed E-state index contributed by atoms with van der Waals surface area (Å²) in [6, 6.07) is 15.4. The van der Waals surface area contributed by atoms with Gasteiger partial charge in [-0.1, -0.05) is 11.8 Å². The van der Waals surface area contributed by atoms with Crippen LogP contribution in [-0.4, -0.2) is 22.3 Å². The molecule has 6 heteroatoms. The van der Waals surface area contributed by atoms with Crippen molar-refractivity contribution < 1.29 is 9.13 Å². The molecule has 0 atom stereocenters. The number of halogens is 1. The fourth-order valence-electron chi connectivity index (χ4n) is 2.08. The molecule has 1 N–H and O–H groups in total. The normalized spacial score (nSPS) is 10.3. The number of nitriles is 1. The number of nitrogens with one attached hydrogen (secondary N) is 1. The highest BCUT2D eigenvalue weighted by Gasteiger charge is 2.04. The first-order valence-corrected chi connectivity index (χ1v) is 8.30. The van der Waals surface area contributed by atoms with E-state index in [1.165, 1.54) is 12.1 Å². The van der Waals surface area contributed by atoms with Gasteiger partial charge in [-0.05, 0) is 54.1 Å². The number of benzene rings is 2. The Morgan fingerprint density at radius 1 is 1.12 bits per heavy atom. The molecule has 0 bridgehead atoms. The van der Waals surface area contributed by atoms with Crippen LogP contribution in [0.15, 0.2) is 59.9 Å². The van der Waals surface area contributed by atoms with Crippen molar-refractivity contribution in [1.29, 1.82) is 5.26 Å². The Morgan fingerprint density at radius 2 is 1.88 bits per heavy atom. The van der Waals surface area contributed by atoms with Crippen LogP contribution in [0.5, 0.6) is 5.75 Å². The molecule has 0 saturated heterocycles. The smallest absolute Gasteiger partial charge is 0.165 e. The van der Waals surface area contributed by atoms with Gasteiger partial charge in [-0.3, -0.25) is 0 Å². The van der Waals surface area contributed by atoms with Crippen molar-refractivity contribution in [3.63, 3.8) is 0 Å². The highest BCUT2D eigenvalue weighted by molar-refractivity contribution is 7.99. The van der Waals surface area contributed by atoms with Gasteiger partial charge >= 0.3 is 0 Å². The number of aromatic nitrogens is 2. The van der Waals surface area contributed by atoms with Gasteiger partial charge < -0.3 is 9.72 Å². The van der Waals surface area contributed by atoms with E-state index in [0.29, 0.717) is 12.2 Å². The number of hydrogen-bond donors (Lipinski definition) is 1. The molecule has 4 nitrogen and oxygen atoms in total. The number of nitrogens with zero attached hydrogens (tertiary/aromatic N) is 2. The van der Waals surface area contributed by atoms with Gasteiger partial charge in [0.25, 0.3) is 0 Å². The van der Waals surface area contributed by atoms with Gasteiger partial charge in [-0.2, -0.15) is 5.26 Å². The summed E-state index contributed by atoms with van der Waals surface area (Å²) >= 11 is 1.55. The molecule has 0 unspecified atom stereocenters. The van der Waals surface area contributed by atoms with E-state index in [1.54, 1.807) is 54.4 Å². The Bertz CT molecular complexity index is 838. The molecular weight excluding hydrogens is 325 g/mol. The molecule has 0 saturated carbocycles. The van der Waals surface area contributed by atoms with Crippen molar-refractivity contribution in [3.05, 3.63) is 66.1 Å². The Labute approximate surface area is 143 Å². The predicted molar refractivity (Wildman–Crippen MR) is 91.4 cm³/mol. The van der Waals surface area contributed by atoms with E-state index in [9.17, 15) is 4.39 Å². The average Bonchev–Trinajstić information content (AvgIpc) is 3.09. The zero-order valence-electron chi connectivity index (χ0n) is 12.7. The average molecular weight is 339 g/mol. The van der Waals surface area contributed by atoms with Crippen molar-refractivity contribution in [2.75, 3.05) is 12.4 Å². The van der Waals surface area contributed by atoms with E-state index in [4.69, 9.17) is 10.00 Å². The molecular formula is C18H14FN3OS. The van der Waals surface area contributed by atoms with Gasteiger partial charge in [0.1, 0.15) is 11.6 Å². The van der Waals surface area contributed by atoms with Crippen molar-refractivity contribution in [1.82, 2.24) is 9.97 Å². The highest BCUT2D eigenvalue weighted by Crippen LogP contribution is 2.22. The van der Waals surface area contributed by atoms with Crippen molar-refractivity contribution >= 4 is 11.8 Å². The zero-order valence-corrected chi connectivity index (χ0v) is 13.5. The number of hydrogen-bond acceptors (Lipinski definition) is 4. The van der Waals surface area contributed by atoms with Gasteiger partial charge in [0.2, 0.25) is 0 Å². The van der Waals surface area contributed by atoms with E-state index < -0.39 is 0 Å². The summed E-state index contributed by atoms with van der Waals surface area (Å²) in [5.41, 5.74) is 2.36. The molecule has 24 heavy (non-hydrogen) atoms. The summed E-state index contributed by atoms with van der Waals surface area (Å²) in [5.74, 6) is 1.21. The van der Waals surface area contributed by atoms with E-state index in [-0.39, 0.29) is 5.82 Å². The maximum Gasteiger partial charge on any atom is 0.165 e. The lowest BCUT2D eigenvalue weighted by molar-refractivity contribution is 0.344. The third-order valence-electron chi connectivity index (χ3n) is 3.28. The fourth-order valence-corrected chi connectivity index (χ4v) is 2.75. The molecule has 1 heterocycles. The summed E-state index contributed by atoms with van der Waals surface area (Å²) in [6.07, 6.45) is 1.73. The van der Waals surface area contributed by atoms with Crippen LogP contribution in [0.25, 0.3) is 11.3 Å². The van der Waals surface area contributed by atoms with E-state index in [0.717, 1.165) is 27.9 Å². The van der Waals surface area contributed by atoms with Crippen LogP contribution in [0.4, 0.5) is 4.39 Å². The Morgan fingerprint density at radius 3 is 2.58 bits per heavy atom. The maximum atomic E-state index is 12.9. The number of rotatable bonds is 6. The number of imidazole rings is 1. The summed E-state index contributed by atoms with van der Waals surface area (Å²) in [7, 11) is 0. The molecule has 120 valence electrons. The van der Waals surface area contributed by atoms with Crippen LogP contribution in [0.3, 0.4) is 0 Å². The number of H-pyrrole nitrogens is 1. The van der Waals surface area contributed by atoms with Crippen LogP contribution in [0.2, 0.25) is 0 Å². The molecule has 0 spiro atoms. The zero-order chi connectivity index (χ0) is 16.8. The summed E-state index contributed by atoms with van der Waals surface area (Å²) in [6.45, 7) is 0.531. The monoisotopic (exact) mass is 339 g/mol. The highest BCUT2D eigenvalue weighted by atomic mass is 32.2. The van der Waals surface area contributed by atoms with Crippen molar-refractivity contribution in [2.45, 2.75) is 5.16 Å². The number of thioether (sulfide) groups is 1.